The summed E-state index contributed by atoms with van der Waals surface area (Å²) in [6, 6.07) is 16.5. The number of pyridine rings is 1. The van der Waals surface area contributed by atoms with E-state index in [0.717, 1.165) is 41.0 Å². The SMILES string of the molecule is CCCCCCCSc1ccc(-c2cn(C)cc(-c3cccc(CCCC(C)C#N)c3)c2=O)cc1Cl. The van der Waals surface area contributed by atoms with Gasteiger partial charge in [0.1, 0.15) is 0 Å². The molecular weight excluding hydrogens is 484 g/mol. The summed E-state index contributed by atoms with van der Waals surface area (Å²) in [7, 11) is 1.95. The van der Waals surface area contributed by atoms with Gasteiger partial charge in [-0.3, -0.25) is 4.79 Å². The molecule has 2 aromatic carbocycles. The van der Waals surface area contributed by atoms with Crippen molar-refractivity contribution in [1.82, 2.24) is 4.57 Å². The van der Waals surface area contributed by atoms with Crippen LogP contribution in [0.5, 0.6) is 0 Å². The third kappa shape index (κ3) is 8.02. The number of benzene rings is 2. The van der Waals surface area contributed by atoms with Gasteiger partial charge in [-0.15, -0.1) is 11.8 Å². The van der Waals surface area contributed by atoms with Gasteiger partial charge in [-0.05, 0) is 67.2 Å². The standard InChI is InChI=1S/C31H37ClN2OS/c1-4-5-6-7-8-17-36-30-16-15-26(19-29(30)32)28-22-34(3)21-27(31(28)35)25-14-10-13-24(18-25)12-9-11-23(2)20-33/h10,13-16,18-19,21-23H,4-9,11-12,17H2,1-3H3. The summed E-state index contributed by atoms with van der Waals surface area (Å²) in [5.74, 6) is 1.13. The smallest absolute Gasteiger partial charge is 0.197 e. The number of nitrogens with zero attached hydrogens (tertiary/aromatic N) is 2. The molecule has 0 bridgehead atoms. The fraction of sp³-hybridized carbons (Fsp3) is 0.419. The number of nitriles is 1. The first-order chi connectivity index (χ1) is 17.4. The lowest BCUT2D eigenvalue weighted by Gasteiger charge is -2.12. The number of unbranched alkanes of at least 4 members (excludes halogenated alkanes) is 4. The number of hydrogen-bond acceptors (Lipinski definition) is 3. The van der Waals surface area contributed by atoms with Crippen LogP contribution in [0.2, 0.25) is 5.02 Å². The average Bonchev–Trinajstić information content (AvgIpc) is 2.88. The number of thioether (sulfide) groups is 1. The molecule has 0 aliphatic carbocycles. The maximum absolute atomic E-state index is 13.6. The van der Waals surface area contributed by atoms with Gasteiger partial charge >= 0.3 is 0 Å². The van der Waals surface area contributed by atoms with Crippen LogP contribution >= 0.6 is 23.4 Å². The molecule has 0 N–H and O–H groups in total. The summed E-state index contributed by atoms with van der Waals surface area (Å²) >= 11 is 8.44. The minimum absolute atomic E-state index is 0.00995. The van der Waals surface area contributed by atoms with Crippen molar-refractivity contribution in [2.75, 3.05) is 5.75 Å². The highest BCUT2D eigenvalue weighted by molar-refractivity contribution is 7.99. The lowest BCUT2D eigenvalue weighted by atomic mass is 9.97. The molecule has 0 aliphatic heterocycles. The molecule has 190 valence electrons. The van der Waals surface area contributed by atoms with Gasteiger partial charge in [0.15, 0.2) is 5.43 Å². The molecule has 1 aromatic heterocycles. The van der Waals surface area contributed by atoms with Crippen molar-refractivity contribution in [1.29, 1.82) is 5.26 Å². The third-order valence-electron chi connectivity index (χ3n) is 6.46. The van der Waals surface area contributed by atoms with E-state index < -0.39 is 0 Å². The minimum atomic E-state index is 0.00995. The van der Waals surface area contributed by atoms with Crippen molar-refractivity contribution in [3.63, 3.8) is 0 Å². The quantitative estimate of drug-likeness (QED) is 0.167. The lowest BCUT2D eigenvalue weighted by molar-refractivity contribution is 0.617. The summed E-state index contributed by atoms with van der Waals surface area (Å²) in [4.78, 5) is 14.6. The molecule has 3 aromatic rings. The van der Waals surface area contributed by atoms with Crippen LogP contribution in [0.4, 0.5) is 0 Å². The Hall–Kier alpha value is -2.48. The average molecular weight is 521 g/mol. The van der Waals surface area contributed by atoms with Crippen molar-refractivity contribution in [3.8, 4) is 28.3 Å². The van der Waals surface area contributed by atoms with Crippen LogP contribution in [0.25, 0.3) is 22.3 Å². The highest BCUT2D eigenvalue weighted by Crippen LogP contribution is 2.32. The second-order valence-electron chi connectivity index (χ2n) is 9.61. The van der Waals surface area contributed by atoms with E-state index >= 15 is 0 Å². The largest absolute Gasteiger partial charge is 0.356 e. The van der Waals surface area contributed by atoms with E-state index in [1.54, 1.807) is 11.8 Å². The fourth-order valence-corrected chi connectivity index (χ4v) is 5.64. The summed E-state index contributed by atoms with van der Waals surface area (Å²) in [5, 5.41) is 9.71. The molecule has 0 aliphatic rings. The van der Waals surface area contributed by atoms with Gasteiger partial charge in [-0.25, -0.2) is 0 Å². The Balaban J connectivity index is 1.78. The molecule has 1 atom stereocenters. The summed E-state index contributed by atoms with van der Waals surface area (Å²) in [6.07, 6.45) is 12.8. The van der Waals surface area contributed by atoms with Gasteiger partial charge in [0.05, 0.1) is 11.1 Å². The zero-order valence-corrected chi connectivity index (χ0v) is 23.3. The first kappa shape index (κ1) is 28.1. The number of hydrogen-bond donors (Lipinski definition) is 0. The molecule has 3 nitrogen and oxygen atoms in total. The minimum Gasteiger partial charge on any atom is -0.356 e. The second kappa shape index (κ2) is 14.3. The summed E-state index contributed by atoms with van der Waals surface area (Å²) < 4.78 is 1.94. The summed E-state index contributed by atoms with van der Waals surface area (Å²) in [6.45, 7) is 4.19. The van der Waals surface area contributed by atoms with E-state index in [4.69, 9.17) is 16.9 Å². The Morgan fingerprint density at radius 3 is 2.42 bits per heavy atom. The molecule has 0 amide bonds. The molecular formula is C31H37ClN2OS. The molecule has 1 heterocycles. The lowest BCUT2D eigenvalue weighted by Crippen LogP contribution is -2.11. The maximum atomic E-state index is 13.6. The van der Waals surface area contributed by atoms with Gasteiger partial charge in [-0.2, -0.15) is 5.26 Å². The van der Waals surface area contributed by atoms with E-state index in [1.807, 2.05) is 61.3 Å². The van der Waals surface area contributed by atoms with Crippen molar-refractivity contribution in [2.24, 2.45) is 13.0 Å². The molecule has 36 heavy (non-hydrogen) atoms. The Morgan fingerprint density at radius 1 is 1.00 bits per heavy atom. The fourth-order valence-electron chi connectivity index (χ4n) is 4.36. The molecule has 0 fully saturated rings. The Labute approximate surface area is 225 Å². The van der Waals surface area contributed by atoms with Crippen LogP contribution in [-0.2, 0) is 13.5 Å². The zero-order valence-electron chi connectivity index (χ0n) is 21.7. The predicted molar refractivity (Wildman–Crippen MR) is 155 cm³/mol. The Morgan fingerprint density at radius 2 is 1.72 bits per heavy atom. The van der Waals surface area contributed by atoms with Crippen LogP contribution in [0.15, 0.2) is 64.5 Å². The maximum Gasteiger partial charge on any atom is 0.197 e. The third-order valence-corrected chi connectivity index (χ3v) is 8.05. The molecule has 0 saturated heterocycles. The molecule has 0 saturated carbocycles. The van der Waals surface area contributed by atoms with Gasteiger partial charge < -0.3 is 4.57 Å². The second-order valence-corrected chi connectivity index (χ2v) is 11.2. The highest BCUT2D eigenvalue weighted by atomic mass is 35.5. The number of aromatic nitrogens is 1. The Bertz CT molecular complexity index is 1240. The normalized spacial score (nSPS) is 11.9. The van der Waals surface area contributed by atoms with Crippen LogP contribution in [0.1, 0.15) is 64.4 Å². The van der Waals surface area contributed by atoms with Crippen molar-refractivity contribution in [2.45, 2.75) is 70.1 Å². The first-order valence-corrected chi connectivity index (χ1v) is 14.4. The van der Waals surface area contributed by atoms with Crippen LogP contribution in [0, 0.1) is 17.2 Å². The van der Waals surface area contributed by atoms with Gasteiger partial charge in [0.2, 0.25) is 0 Å². The predicted octanol–water partition coefficient (Wildman–Crippen LogP) is 8.92. The van der Waals surface area contributed by atoms with Crippen molar-refractivity contribution < 1.29 is 0 Å². The molecule has 5 heteroatoms. The van der Waals surface area contributed by atoms with E-state index in [0.29, 0.717) is 16.1 Å². The van der Waals surface area contributed by atoms with Crippen LogP contribution < -0.4 is 5.43 Å². The number of halogens is 1. The topological polar surface area (TPSA) is 45.8 Å². The number of aryl methyl sites for hydroxylation is 2. The Kier molecular flexibility index (Phi) is 11.2. The molecule has 0 spiro atoms. The van der Waals surface area contributed by atoms with Gasteiger partial charge in [-0.1, -0.05) is 74.5 Å². The molecule has 0 radical (unpaired) electrons. The molecule has 3 rings (SSSR count). The van der Waals surface area contributed by atoms with Crippen molar-refractivity contribution >= 4 is 23.4 Å². The van der Waals surface area contributed by atoms with E-state index in [1.165, 1.54) is 37.7 Å². The van der Waals surface area contributed by atoms with Crippen molar-refractivity contribution in [3.05, 3.63) is 75.7 Å². The number of rotatable bonds is 13. The first-order valence-electron chi connectivity index (χ1n) is 13.0. The van der Waals surface area contributed by atoms with Crippen LogP contribution in [-0.4, -0.2) is 10.3 Å². The van der Waals surface area contributed by atoms with Crippen LogP contribution in [0.3, 0.4) is 0 Å². The van der Waals surface area contributed by atoms with E-state index in [9.17, 15) is 4.79 Å². The zero-order chi connectivity index (χ0) is 25.9. The summed E-state index contributed by atoms with van der Waals surface area (Å²) in [5.41, 5.74) is 4.30. The van der Waals surface area contributed by atoms with Gasteiger partial charge in [0, 0.05) is 41.4 Å². The van der Waals surface area contributed by atoms with Gasteiger partial charge in [0.25, 0.3) is 0 Å². The monoisotopic (exact) mass is 520 g/mol. The van der Waals surface area contributed by atoms with E-state index in [-0.39, 0.29) is 11.3 Å². The highest BCUT2D eigenvalue weighted by Gasteiger charge is 2.13. The van der Waals surface area contributed by atoms with E-state index in [2.05, 4.69) is 25.1 Å². The molecule has 1 unspecified atom stereocenters.